The van der Waals surface area contributed by atoms with E-state index in [-0.39, 0.29) is 0 Å². The molecule has 0 bridgehead atoms. The maximum absolute atomic E-state index is 5.51. The van der Waals surface area contributed by atoms with Crippen molar-refractivity contribution < 1.29 is 9.26 Å². The van der Waals surface area contributed by atoms with Crippen molar-refractivity contribution in [2.75, 3.05) is 13.7 Å². The van der Waals surface area contributed by atoms with Crippen LogP contribution in [-0.2, 0) is 6.54 Å². The average molecular weight is 379 g/mol. The third kappa shape index (κ3) is 3.61. The maximum Gasteiger partial charge on any atom is 0.139 e. The summed E-state index contributed by atoms with van der Waals surface area (Å²) in [4.78, 5) is 2.46. The smallest absolute Gasteiger partial charge is 0.139 e. The number of halogens is 1. The molecule has 2 heterocycles. The Morgan fingerprint density at radius 1 is 1.39 bits per heavy atom. The molecule has 3 rings (SSSR count). The Bertz CT molecular complexity index is 669. The number of hydrogen-bond donors (Lipinski definition) is 0. The molecule has 2 aromatic rings. The summed E-state index contributed by atoms with van der Waals surface area (Å²) in [5, 5.41) is 4.31. The molecule has 4 nitrogen and oxygen atoms in total. The highest BCUT2D eigenvalue weighted by Gasteiger charge is 2.29. The van der Waals surface area contributed by atoms with Crippen LogP contribution in [0.25, 0.3) is 0 Å². The van der Waals surface area contributed by atoms with E-state index in [2.05, 4.69) is 52.0 Å². The molecule has 0 amide bonds. The first-order valence-electron chi connectivity index (χ1n) is 8.11. The predicted octanol–water partition coefficient (Wildman–Crippen LogP) is 4.91. The molecule has 0 N–H and O–H groups in total. The Labute approximate surface area is 145 Å². The molecule has 0 spiro atoms. The number of aromatic nitrogens is 1. The minimum absolute atomic E-state index is 0.329. The Morgan fingerprint density at radius 3 is 2.91 bits per heavy atom. The summed E-state index contributed by atoms with van der Waals surface area (Å²) in [6.07, 6.45) is 2.31. The quantitative estimate of drug-likeness (QED) is 0.740. The Morgan fingerprint density at radius 2 is 2.22 bits per heavy atom. The Kier molecular flexibility index (Phi) is 5.07. The number of likely N-dealkylation sites (tertiary alicyclic amines) is 1. The molecule has 1 atom stereocenters. The summed E-state index contributed by atoms with van der Waals surface area (Å²) in [5.41, 5.74) is 2.25. The van der Waals surface area contributed by atoms with E-state index in [9.17, 15) is 0 Å². The number of benzene rings is 1. The van der Waals surface area contributed by atoms with Gasteiger partial charge in [0.05, 0.1) is 13.2 Å². The van der Waals surface area contributed by atoms with Crippen LogP contribution < -0.4 is 4.74 Å². The van der Waals surface area contributed by atoms with Gasteiger partial charge < -0.3 is 9.26 Å². The Balaban J connectivity index is 1.80. The van der Waals surface area contributed by atoms with Crippen molar-refractivity contribution in [3.8, 4) is 5.75 Å². The first kappa shape index (κ1) is 16.5. The second kappa shape index (κ2) is 7.05. The summed E-state index contributed by atoms with van der Waals surface area (Å²) in [6.45, 7) is 6.19. The van der Waals surface area contributed by atoms with Crippen LogP contribution in [-0.4, -0.2) is 23.7 Å². The number of ether oxygens (including phenoxy) is 1. The third-order valence-electron chi connectivity index (χ3n) is 4.44. The number of hydrogen-bond acceptors (Lipinski definition) is 4. The van der Waals surface area contributed by atoms with E-state index in [0.29, 0.717) is 12.0 Å². The van der Waals surface area contributed by atoms with Crippen molar-refractivity contribution in [3.63, 3.8) is 0 Å². The number of rotatable bonds is 5. The molecule has 0 unspecified atom stereocenters. The second-order valence-corrected chi connectivity index (χ2v) is 7.31. The first-order chi connectivity index (χ1) is 11.1. The highest BCUT2D eigenvalue weighted by Crippen LogP contribution is 2.35. The zero-order valence-corrected chi connectivity index (χ0v) is 15.5. The van der Waals surface area contributed by atoms with Gasteiger partial charge in [-0.05, 0) is 37.6 Å². The van der Waals surface area contributed by atoms with Gasteiger partial charge in [0, 0.05) is 28.6 Å². The molecule has 1 aliphatic heterocycles. The molecule has 23 heavy (non-hydrogen) atoms. The zero-order chi connectivity index (χ0) is 16.4. The van der Waals surface area contributed by atoms with Gasteiger partial charge in [-0.25, -0.2) is 0 Å². The molecule has 0 saturated carbocycles. The van der Waals surface area contributed by atoms with Crippen molar-refractivity contribution in [2.45, 2.75) is 45.2 Å². The Hall–Kier alpha value is -1.33. The van der Waals surface area contributed by atoms with Crippen molar-refractivity contribution in [1.82, 2.24) is 10.1 Å². The van der Waals surface area contributed by atoms with Gasteiger partial charge in [0.25, 0.3) is 0 Å². The minimum Gasteiger partial charge on any atom is -0.496 e. The SMILES string of the molecule is COc1ccc(Br)cc1CN1CCC[C@@H]1c1cc(C(C)C)on1. The standard InChI is InChI=1S/C18H23BrN2O2/c1-12(2)18-10-15(20-23-18)16-5-4-8-21(16)11-13-9-14(19)6-7-17(13)22-3/h6-7,9-10,12,16H,4-5,8,11H2,1-3H3/t16-/m1/s1. The van der Waals surface area contributed by atoms with Gasteiger partial charge in [-0.15, -0.1) is 0 Å². The van der Waals surface area contributed by atoms with Gasteiger partial charge in [-0.1, -0.05) is 34.9 Å². The van der Waals surface area contributed by atoms with E-state index in [1.807, 2.05) is 12.1 Å². The van der Waals surface area contributed by atoms with Crippen molar-refractivity contribution in [2.24, 2.45) is 0 Å². The van der Waals surface area contributed by atoms with Crippen molar-refractivity contribution >= 4 is 15.9 Å². The predicted molar refractivity (Wildman–Crippen MR) is 93.7 cm³/mol. The molecule has 124 valence electrons. The van der Waals surface area contributed by atoms with E-state index in [0.717, 1.165) is 41.2 Å². The summed E-state index contributed by atoms with van der Waals surface area (Å²) in [5.74, 6) is 2.27. The van der Waals surface area contributed by atoms with Crippen LogP contribution in [0.4, 0.5) is 0 Å². The molecule has 1 aromatic carbocycles. The van der Waals surface area contributed by atoms with Crippen LogP contribution in [0.1, 0.15) is 55.7 Å². The van der Waals surface area contributed by atoms with E-state index in [1.54, 1.807) is 7.11 Å². The van der Waals surface area contributed by atoms with Crippen LogP contribution in [0.3, 0.4) is 0 Å². The fourth-order valence-electron chi connectivity index (χ4n) is 3.17. The lowest BCUT2D eigenvalue weighted by atomic mass is 10.1. The van der Waals surface area contributed by atoms with E-state index >= 15 is 0 Å². The molecule has 1 fully saturated rings. The summed E-state index contributed by atoms with van der Waals surface area (Å²) < 4.78 is 12.1. The van der Waals surface area contributed by atoms with Gasteiger partial charge in [0.2, 0.25) is 0 Å². The van der Waals surface area contributed by atoms with Crippen LogP contribution in [0.15, 0.2) is 33.3 Å². The fraction of sp³-hybridized carbons (Fsp3) is 0.500. The summed E-state index contributed by atoms with van der Waals surface area (Å²) in [7, 11) is 1.72. The largest absolute Gasteiger partial charge is 0.496 e. The molecule has 0 radical (unpaired) electrons. The normalized spacial score (nSPS) is 18.7. The van der Waals surface area contributed by atoms with Gasteiger partial charge >= 0.3 is 0 Å². The van der Waals surface area contributed by atoms with Crippen LogP contribution in [0.2, 0.25) is 0 Å². The van der Waals surface area contributed by atoms with Crippen molar-refractivity contribution in [1.29, 1.82) is 0 Å². The molecule has 0 aliphatic carbocycles. The lowest BCUT2D eigenvalue weighted by Gasteiger charge is -2.23. The van der Waals surface area contributed by atoms with E-state index in [1.165, 1.54) is 12.0 Å². The first-order valence-corrected chi connectivity index (χ1v) is 8.90. The van der Waals surface area contributed by atoms with Gasteiger partial charge in [0.1, 0.15) is 17.2 Å². The number of nitrogens with zero attached hydrogens (tertiary/aromatic N) is 2. The monoisotopic (exact) mass is 378 g/mol. The fourth-order valence-corrected chi connectivity index (χ4v) is 3.58. The molecule has 5 heteroatoms. The molecule has 1 aliphatic rings. The highest BCUT2D eigenvalue weighted by atomic mass is 79.9. The molecule has 1 aromatic heterocycles. The van der Waals surface area contributed by atoms with E-state index < -0.39 is 0 Å². The lowest BCUT2D eigenvalue weighted by molar-refractivity contribution is 0.233. The van der Waals surface area contributed by atoms with Crippen molar-refractivity contribution in [3.05, 3.63) is 45.8 Å². The molecule has 1 saturated heterocycles. The second-order valence-electron chi connectivity index (χ2n) is 6.39. The molecular formula is C18H23BrN2O2. The van der Waals surface area contributed by atoms with Crippen LogP contribution >= 0.6 is 15.9 Å². The minimum atomic E-state index is 0.329. The lowest BCUT2D eigenvalue weighted by Crippen LogP contribution is -2.23. The van der Waals surface area contributed by atoms with Gasteiger partial charge in [0.15, 0.2) is 0 Å². The highest BCUT2D eigenvalue weighted by molar-refractivity contribution is 9.10. The summed E-state index contributed by atoms with van der Waals surface area (Å²) >= 11 is 3.55. The third-order valence-corrected chi connectivity index (χ3v) is 4.93. The maximum atomic E-state index is 5.51. The zero-order valence-electron chi connectivity index (χ0n) is 13.9. The van der Waals surface area contributed by atoms with Crippen LogP contribution in [0.5, 0.6) is 5.75 Å². The average Bonchev–Trinajstić information content (AvgIpc) is 3.16. The molecular weight excluding hydrogens is 356 g/mol. The van der Waals surface area contributed by atoms with Gasteiger partial charge in [-0.2, -0.15) is 0 Å². The van der Waals surface area contributed by atoms with Gasteiger partial charge in [-0.3, -0.25) is 4.90 Å². The van der Waals surface area contributed by atoms with Crippen LogP contribution in [0, 0.1) is 0 Å². The number of methoxy groups -OCH3 is 1. The topological polar surface area (TPSA) is 38.5 Å². The summed E-state index contributed by atoms with van der Waals surface area (Å²) in [6, 6.07) is 8.60. The van der Waals surface area contributed by atoms with E-state index in [4.69, 9.17) is 9.26 Å².